The van der Waals surface area contributed by atoms with Gasteiger partial charge in [0.15, 0.2) is 0 Å². The van der Waals surface area contributed by atoms with Gasteiger partial charge in [0.05, 0.1) is 0 Å². The van der Waals surface area contributed by atoms with Crippen LogP contribution in [-0.2, 0) is 0 Å². The topological polar surface area (TPSA) is 26.0 Å². The van der Waals surface area contributed by atoms with Crippen molar-refractivity contribution >= 4 is 0 Å². The summed E-state index contributed by atoms with van der Waals surface area (Å²) in [5, 5.41) is 0. The van der Waals surface area contributed by atoms with E-state index in [9.17, 15) is 0 Å². The first-order valence-electron chi connectivity index (χ1n) is 3.45. The highest BCUT2D eigenvalue weighted by Gasteiger charge is 2.45. The van der Waals surface area contributed by atoms with Gasteiger partial charge in [0.25, 0.3) is 0 Å². The molecular formula is C7H15N. The first-order chi connectivity index (χ1) is 3.67. The van der Waals surface area contributed by atoms with Crippen LogP contribution in [0, 0.1) is 5.92 Å². The standard InChI is InChI=1S/C7H15N/c1-3-4-6-5-7(6,2)8/h6H,3-5,8H2,1-2H3. The van der Waals surface area contributed by atoms with Gasteiger partial charge in [-0.25, -0.2) is 0 Å². The Morgan fingerprint density at radius 1 is 1.75 bits per heavy atom. The Kier molecular flexibility index (Phi) is 1.31. The summed E-state index contributed by atoms with van der Waals surface area (Å²) in [7, 11) is 0. The Balaban J connectivity index is 2.17. The van der Waals surface area contributed by atoms with E-state index in [0.29, 0.717) is 0 Å². The second kappa shape index (κ2) is 1.73. The molecule has 0 heterocycles. The van der Waals surface area contributed by atoms with Crippen LogP contribution in [0.2, 0.25) is 0 Å². The molecule has 0 aromatic heterocycles. The van der Waals surface area contributed by atoms with Gasteiger partial charge >= 0.3 is 0 Å². The van der Waals surface area contributed by atoms with Crippen molar-refractivity contribution in [3.63, 3.8) is 0 Å². The third kappa shape index (κ3) is 1.03. The van der Waals surface area contributed by atoms with Crippen molar-refractivity contribution in [1.29, 1.82) is 0 Å². The van der Waals surface area contributed by atoms with Crippen LogP contribution < -0.4 is 5.73 Å². The molecule has 1 aliphatic carbocycles. The molecule has 0 radical (unpaired) electrons. The van der Waals surface area contributed by atoms with Crippen LogP contribution in [-0.4, -0.2) is 5.54 Å². The van der Waals surface area contributed by atoms with E-state index in [1.54, 1.807) is 0 Å². The van der Waals surface area contributed by atoms with E-state index in [2.05, 4.69) is 13.8 Å². The highest BCUT2D eigenvalue weighted by molar-refractivity contribution is 5.03. The molecule has 1 nitrogen and oxygen atoms in total. The molecular weight excluding hydrogens is 98.1 g/mol. The number of hydrogen-bond donors (Lipinski definition) is 1. The predicted octanol–water partition coefficient (Wildman–Crippen LogP) is 1.52. The highest BCUT2D eigenvalue weighted by Crippen LogP contribution is 2.43. The highest BCUT2D eigenvalue weighted by atomic mass is 14.8. The third-order valence-corrected chi connectivity index (χ3v) is 2.10. The summed E-state index contributed by atoms with van der Waals surface area (Å²) in [6.45, 7) is 4.36. The first kappa shape index (κ1) is 6.09. The zero-order chi connectivity index (χ0) is 6.20. The lowest BCUT2D eigenvalue weighted by atomic mass is 10.2. The molecule has 48 valence electrons. The fraction of sp³-hybridized carbons (Fsp3) is 1.00. The van der Waals surface area contributed by atoms with E-state index < -0.39 is 0 Å². The van der Waals surface area contributed by atoms with Gasteiger partial charge in [0.2, 0.25) is 0 Å². The quantitative estimate of drug-likeness (QED) is 0.577. The van der Waals surface area contributed by atoms with E-state index in [4.69, 9.17) is 5.73 Å². The normalized spacial score (nSPS) is 44.6. The van der Waals surface area contributed by atoms with Gasteiger partial charge in [-0.2, -0.15) is 0 Å². The third-order valence-electron chi connectivity index (χ3n) is 2.10. The Bertz CT molecular complexity index is 86.4. The van der Waals surface area contributed by atoms with Crippen molar-refractivity contribution in [2.75, 3.05) is 0 Å². The van der Waals surface area contributed by atoms with Crippen LogP contribution in [0.5, 0.6) is 0 Å². The van der Waals surface area contributed by atoms with Crippen LogP contribution in [0.15, 0.2) is 0 Å². The van der Waals surface area contributed by atoms with E-state index in [-0.39, 0.29) is 5.54 Å². The van der Waals surface area contributed by atoms with Crippen molar-refractivity contribution < 1.29 is 0 Å². The number of rotatable bonds is 2. The Morgan fingerprint density at radius 3 is 2.38 bits per heavy atom. The molecule has 2 N–H and O–H groups in total. The fourth-order valence-corrected chi connectivity index (χ4v) is 1.25. The van der Waals surface area contributed by atoms with Gasteiger partial charge in [-0.15, -0.1) is 0 Å². The van der Waals surface area contributed by atoms with Crippen LogP contribution in [0.4, 0.5) is 0 Å². The average Bonchev–Trinajstić information content (AvgIpc) is 2.15. The van der Waals surface area contributed by atoms with Gasteiger partial charge < -0.3 is 5.73 Å². The molecule has 8 heavy (non-hydrogen) atoms. The first-order valence-corrected chi connectivity index (χ1v) is 3.45. The molecule has 1 fully saturated rings. The van der Waals surface area contributed by atoms with Crippen molar-refractivity contribution in [1.82, 2.24) is 0 Å². The van der Waals surface area contributed by atoms with E-state index in [1.165, 1.54) is 19.3 Å². The summed E-state index contributed by atoms with van der Waals surface area (Å²) in [5.41, 5.74) is 6.01. The Morgan fingerprint density at radius 2 is 2.25 bits per heavy atom. The summed E-state index contributed by atoms with van der Waals surface area (Å²) in [6, 6.07) is 0. The Hall–Kier alpha value is -0.0400. The van der Waals surface area contributed by atoms with Gasteiger partial charge in [0.1, 0.15) is 0 Å². The largest absolute Gasteiger partial charge is 0.325 e. The SMILES string of the molecule is CCCC1CC1(C)N. The van der Waals surface area contributed by atoms with Crippen molar-refractivity contribution in [2.24, 2.45) is 11.7 Å². The van der Waals surface area contributed by atoms with Crippen LogP contribution in [0.3, 0.4) is 0 Å². The molecule has 1 aliphatic rings. The molecule has 0 aromatic carbocycles. The summed E-state index contributed by atoms with van der Waals surface area (Å²) in [5.74, 6) is 0.840. The molecule has 0 bridgehead atoms. The van der Waals surface area contributed by atoms with Gasteiger partial charge in [-0.3, -0.25) is 0 Å². The summed E-state index contributed by atoms with van der Waals surface area (Å²) >= 11 is 0. The second-order valence-electron chi connectivity index (χ2n) is 3.20. The lowest BCUT2D eigenvalue weighted by molar-refractivity contribution is 0.598. The zero-order valence-electron chi connectivity index (χ0n) is 5.78. The molecule has 1 rings (SSSR count). The van der Waals surface area contributed by atoms with Crippen molar-refractivity contribution in [2.45, 2.75) is 38.6 Å². The molecule has 0 aliphatic heterocycles. The maximum atomic E-state index is 5.80. The smallest absolute Gasteiger partial charge is 0.0158 e. The molecule has 0 saturated heterocycles. The van der Waals surface area contributed by atoms with Gasteiger partial charge in [0, 0.05) is 5.54 Å². The minimum absolute atomic E-state index is 0.218. The van der Waals surface area contributed by atoms with Gasteiger partial charge in [-0.1, -0.05) is 13.3 Å². The lowest BCUT2D eigenvalue weighted by Crippen LogP contribution is -2.19. The summed E-state index contributed by atoms with van der Waals surface area (Å²) in [4.78, 5) is 0. The molecule has 2 unspecified atom stereocenters. The maximum absolute atomic E-state index is 5.80. The van der Waals surface area contributed by atoms with Crippen molar-refractivity contribution in [3.05, 3.63) is 0 Å². The monoisotopic (exact) mass is 113 g/mol. The average molecular weight is 113 g/mol. The zero-order valence-corrected chi connectivity index (χ0v) is 5.78. The fourth-order valence-electron chi connectivity index (χ4n) is 1.25. The van der Waals surface area contributed by atoms with Crippen molar-refractivity contribution in [3.8, 4) is 0 Å². The molecule has 0 amide bonds. The molecule has 1 heteroatoms. The molecule has 0 aromatic rings. The van der Waals surface area contributed by atoms with Gasteiger partial charge in [-0.05, 0) is 25.7 Å². The minimum atomic E-state index is 0.218. The van der Waals surface area contributed by atoms with E-state index in [0.717, 1.165) is 5.92 Å². The number of hydrogen-bond acceptors (Lipinski definition) is 1. The van der Waals surface area contributed by atoms with E-state index >= 15 is 0 Å². The molecule has 2 atom stereocenters. The molecule has 0 spiro atoms. The van der Waals surface area contributed by atoms with Crippen LogP contribution >= 0.6 is 0 Å². The van der Waals surface area contributed by atoms with E-state index in [1.807, 2.05) is 0 Å². The Labute approximate surface area is 51.3 Å². The minimum Gasteiger partial charge on any atom is -0.325 e. The van der Waals surface area contributed by atoms with Crippen LogP contribution in [0.25, 0.3) is 0 Å². The lowest BCUT2D eigenvalue weighted by Gasteiger charge is -1.99. The summed E-state index contributed by atoms with van der Waals surface area (Å²) in [6.07, 6.45) is 3.87. The molecule has 1 saturated carbocycles. The van der Waals surface area contributed by atoms with Crippen LogP contribution in [0.1, 0.15) is 33.1 Å². The number of nitrogens with two attached hydrogens (primary N) is 1. The second-order valence-corrected chi connectivity index (χ2v) is 3.20. The maximum Gasteiger partial charge on any atom is 0.0158 e. The summed E-state index contributed by atoms with van der Waals surface area (Å²) < 4.78 is 0. The predicted molar refractivity (Wildman–Crippen MR) is 35.6 cm³/mol.